The van der Waals surface area contributed by atoms with Crippen LogP contribution in [-0.2, 0) is 0 Å². The molecule has 0 aliphatic heterocycles. The van der Waals surface area contributed by atoms with Crippen molar-refractivity contribution in [1.29, 1.82) is 0 Å². The van der Waals surface area contributed by atoms with E-state index in [4.69, 9.17) is 12.2 Å². The second kappa shape index (κ2) is 2.19. The molecule has 0 aliphatic rings. The van der Waals surface area contributed by atoms with Gasteiger partial charge < -0.3 is 5.73 Å². The first-order valence-corrected chi connectivity index (χ1v) is 2.77. The normalized spacial score (nSPS) is 17.5. The lowest BCUT2D eigenvalue weighted by molar-refractivity contribution is 0.435. The molecule has 1 nitrogen and oxygen atoms in total. The van der Waals surface area contributed by atoms with E-state index in [-0.39, 0.29) is 0 Å². The Morgan fingerprint density at radius 3 is 2.00 bits per heavy atom. The summed E-state index contributed by atoms with van der Waals surface area (Å²) in [6.45, 7) is 5.89. The number of nitrogens with two attached hydrogens (primary N) is 1. The van der Waals surface area contributed by atoms with Gasteiger partial charge in [0.25, 0.3) is 0 Å². The van der Waals surface area contributed by atoms with Gasteiger partial charge in [-0.1, -0.05) is 19.8 Å². The summed E-state index contributed by atoms with van der Waals surface area (Å²) >= 11 is 0. The minimum atomic E-state index is -0.431. The maximum Gasteiger partial charge on any atom is 0.0768 e. The van der Waals surface area contributed by atoms with Gasteiger partial charge in [-0.2, -0.15) is 0 Å². The summed E-state index contributed by atoms with van der Waals surface area (Å²) in [5, 5.41) is 0. The molecule has 46 valence electrons. The van der Waals surface area contributed by atoms with Gasteiger partial charge in [0.1, 0.15) is 0 Å². The highest BCUT2D eigenvalue weighted by atomic mass is 14.7. The molecule has 0 spiro atoms. The minimum Gasteiger partial charge on any atom is -0.315 e. The fourth-order valence-corrected chi connectivity index (χ4v) is 0.167. The molecule has 0 heterocycles. The average Bonchev–Trinajstić information content (AvgIpc) is 1.67. The third-order valence-corrected chi connectivity index (χ3v) is 1.51. The van der Waals surface area contributed by atoms with Crippen LogP contribution >= 0.6 is 0 Å². The average molecular weight is 111 g/mol. The van der Waals surface area contributed by atoms with Crippen molar-refractivity contribution in [3.63, 3.8) is 0 Å². The van der Waals surface area contributed by atoms with Crippen LogP contribution in [0.1, 0.15) is 20.8 Å². The summed E-state index contributed by atoms with van der Waals surface area (Å²) in [5.74, 6) is 2.87. The van der Waals surface area contributed by atoms with Gasteiger partial charge >= 0.3 is 0 Å². The third kappa shape index (κ3) is 1.55. The predicted molar refractivity (Wildman–Crippen MR) is 36.3 cm³/mol. The van der Waals surface area contributed by atoms with Gasteiger partial charge in [0.05, 0.1) is 5.54 Å². The van der Waals surface area contributed by atoms with Crippen molar-refractivity contribution in [3.8, 4) is 12.3 Å². The lowest BCUT2D eigenvalue weighted by atomic mass is 9.91. The van der Waals surface area contributed by atoms with Crippen LogP contribution < -0.4 is 5.73 Å². The zero-order valence-electron chi connectivity index (χ0n) is 5.73. The summed E-state index contributed by atoms with van der Waals surface area (Å²) in [6.07, 6.45) is 5.13. The molecule has 8 heavy (non-hydrogen) atoms. The van der Waals surface area contributed by atoms with E-state index in [1.165, 1.54) is 0 Å². The van der Waals surface area contributed by atoms with Gasteiger partial charge in [0.2, 0.25) is 0 Å². The number of hydrogen-bond donors (Lipinski definition) is 1. The van der Waals surface area contributed by atoms with Gasteiger partial charge in [0.15, 0.2) is 0 Å². The SMILES string of the molecule is C#C[C@@](C)(N)C(C)C. The quantitative estimate of drug-likeness (QED) is 0.502. The molecule has 0 saturated heterocycles. The Balaban J connectivity index is 3.97. The number of terminal acetylenes is 1. The summed E-state index contributed by atoms with van der Waals surface area (Å²) in [4.78, 5) is 0. The first-order chi connectivity index (χ1) is 3.50. The third-order valence-electron chi connectivity index (χ3n) is 1.51. The first-order valence-electron chi connectivity index (χ1n) is 2.77. The molecule has 0 aliphatic carbocycles. The van der Waals surface area contributed by atoms with Crippen molar-refractivity contribution in [2.45, 2.75) is 26.3 Å². The lowest BCUT2D eigenvalue weighted by Gasteiger charge is -2.21. The van der Waals surface area contributed by atoms with Crippen LogP contribution in [-0.4, -0.2) is 5.54 Å². The van der Waals surface area contributed by atoms with Gasteiger partial charge in [-0.15, -0.1) is 6.42 Å². The van der Waals surface area contributed by atoms with Crippen molar-refractivity contribution in [1.82, 2.24) is 0 Å². The van der Waals surface area contributed by atoms with Gasteiger partial charge in [-0.25, -0.2) is 0 Å². The van der Waals surface area contributed by atoms with Crippen LogP contribution in [0.4, 0.5) is 0 Å². The molecule has 0 rings (SSSR count). The minimum absolute atomic E-state index is 0.354. The van der Waals surface area contributed by atoms with Crippen LogP contribution in [0.15, 0.2) is 0 Å². The van der Waals surface area contributed by atoms with Crippen molar-refractivity contribution < 1.29 is 0 Å². The molecule has 1 atom stereocenters. The Hall–Kier alpha value is -0.480. The van der Waals surface area contributed by atoms with E-state index in [0.29, 0.717) is 5.92 Å². The number of rotatable bonds is 1. The molecule has 0 radical (unpaired) electrons. The van der Waals surface area contributed by atoms with E-state index in [9.17, 15) is 0 Å². The van der Waals surface area contributed by atoms with Crippen molar-refractivity contribution in [2.24, 2.45) is 11.7 Å². The Morgan fingerprint density at radius 2 is 2.00 bits per heavy atom. The van der Waals surface area contributed by atoms with E-state index >= 15 is 0 Å². The largest absolute Gasteiger partial charge is 0.315 e. The van der Waals surface area contributed by atoms with E-state index in [1.807, 2.05) is 20.8 Å². The molecular weight excluding hydrogens is 98.1 g/mol. The highest BCUT2D eigenvalue weighted by Crippen LogP contribution is 2.09. The van der Waals surface area contributed by atoms with Crippen LogP contribution in [0.2, 0.25) is 0 Å². The molecule has 0 fully saturated rings. The van der Waals surface area contributed by atoms with Crippen molar-refractivity contribution in [2.75, 3.05) is 0 Å². The Bertz CT molecular complexity index is 106. The van der Waals surface area contributed by atoms with Gasteiger partial charge in [0, 0.05) is 0 Å². The maximum atomic E-state index is 5.62. The Labute approximate surface area is 51.3 Å². The molecule has 0 amide bonds. The van der Waals surface area contributed by atoms with Crippen LogP contribution in [0.5, 0.6) is 0 Å². The smallest absolute Gasteiger partial charge is 0.0768 e. The second-order valence-electron chi connectivity index (χ2n) is 2.58. The van der Waals surface area contributed by atoms with E-state index in [2.05, 4.69) is 5.92 Å². The summed E-state index contributed by atoms with van der Waals surface area (Å²) < 4.78 is 0. The van der Waals surface area contributed by atoms with Crippen LogP contribution in [0, 0.1) is 18.3 Å². The molecule has 0 saturated carbocycles. The number of hydrogen-bond acceptors (Lipinski definition) is 1. The van der Waals surface area contributed by atoms with Gasteiger partial charge in [-0.3, -0.25) is 0 Å². The van der Waals surface area contributed by atoms with Crippen LogP contribution in [0.25, 0.3) is 0 Å². The van der Waals surface area contributed by atoms with Crippen molar-refractivity contribution >= 4 is 0 Å². The molecule has 0 bridgehead atoms. The molecule has 0 unspecified atom stereocenters. The molecule has 2 N–H and O–H groups in total. The molecular formula is C7H13N. The summed E-state index contributed by atoms with van der Waals surface area (Å²) in [6, 6.07) is 0. The highest BCUT2D eigenvalue weighted by Gasteiger charge is 2.18. The standard InChI is InChI=1S/C7H13N/c1-5-7(4,8)6(2)3/h1,6H,8H2,2-4H3/t7-/m1/s1. The molecule has 0 aromatic carbocycles. The summed E-state index contributed by atoms with van der Waals surface area (Å²) in [7, 11) is 0. The zero-order valence-corrected chi connectivity index (χ0v) is 5.73. The monoisotopic (exact) mass is 111 g/mol. The van der Waals surface area contributed by atoms with Crippen LogP contribution in [0.3, 0.4) is 0 Å². The van der Waals surface area contributed by atoms with E-state index < -0.39 is 5.54 Å². The molecule has 0 aromatic heterocycles. The Morgan fingerprint density at radius 1 is 1.62 bits per heavy atom. The maximum absolute atomic E-state index is 5.62. The van der Waals surface area contributed by atoms with Crippen molar-refractivity contribution in [3.05, 3.63) is 0 Å². The molecule has 0 aromatic rings. The topological polar surface area (TPSA) is 26.0 Å². The molecule has 1 heteroatoms. The predicted octanol–water partition coefficient (Wildman–Crippen LogP) is 0.993. The fourth-order valence-electron chi connectivity index (χ4n) is 0.167. The highest BCUT2D eigenvalue weighted by molar-refractivity contribution is 5.09. The fraction of sp³-hybridized carbons (Fsp3) is 0.714. The van der Waals surface area contributed by atoms with E-state index in [1.54, 1.807) is 0 Å². The lowest BCUT2D eigenvalue weighted by Crippen LogP contribution is -2.39. The second-order valence-corrected chi connectivity index (χ2v) is 2.58. The Kier molecular flexibility index (Phi) is 2.06. The van der Waals surface area contributed by atoms with E-state index in [0.717, 1.165) is 0 Å². The van der Waals surface area contributed by atoms with Gasteiger partial charge in [-0.05, 0) is 12.8 Å². The zero-order chi connectivity index (χ0) is 6.78. The first kappa shape index (κ1) is 7.52. The summed E-state index contributed by atoms with van der Waals surface area (Å²) in [5.41, 5.74) is 5.19.